The molecule has 0 amide bonds. The summed E-state index contributed by atoms with van der Waals surface area (Å²) in [5.74, 6) is -1.13. The first-order valence-electron chi connectivity index (χ1n) is 28.0. The molecule has 0 spiro atoms. The number of allylic oxidation sites excluding steroid dienone is 25. The minimum atomic E-state index is -0.849. The molecule has 0 heterocycles. The Labute approximate surface area is 435 Å². The van der Waals surface area contributed by atoms with Gasteiger partial charge in [0.15, 0.2) is 6.10 Å². The van der Waals surface area contributed by atoms with Crippen LogP contribution >= 0.6 is 0 Å². The van der Waals surface area contributed by atoms with Gasteiger partial charge in [0.25, 0.3) is 0 Å². The van der Waals surface area contributed by atoms with Crippen LogP contribution in [-0.4, -0.2) is 37.2 Å². The van der Waals surface area contributed by atoms with Crippen molar-refractivity contribution in [3.05, 3.63) is 158 Å². The fourth-order valence-electron chi connectivity index (χ4n) is 6.90. The van der Waals surface area contributed by atoms with Gasteiger partial charge >= 0.3 is 17.9 Å². The van der Waals surface area contributed by atoms with Gasteiger partial charge in [0.05, 0.1) is 6.42 Å². The summed E-state index contributed by atoms with van der Waals surface area (Å²) in [6.45, 7) is 6.23. The van der Waals surface area contributed by atoms with Gasteiger partial charge in [0, 0.05) is 12.8 Å². The van der Waals surface area contributed by atoms with Gasteiger partial charge in [-0.2, -0.15) is 0 Å². The lowest BCUT2D eigenvalue weighted by Gasteiger charge is -2.18. The fraction of sp³-hybridized carbons (Fsp3) is 0.554. The molecule has 0 saturated heterocycles. The topological polar surface area (TPSA) is 78.9 Å². The van der Waals surface area contributed by atoms with Gasteiger partial charge in [-0.1, -0.05) is 224 Å². The van der Waals surface area contributed by atoms with Gasteiger partial charge < -0.3 is 14.2 Å². The third kappa shape index (κ3) is 55.8. The van der Waals surface area contributed by atoms with E-state index < -0.39 is 12.1 Å². The Hall–Kier alpha value is -4.97. The van der Waals surface area contributed by atoms with E-state index in [1.807, 2.05) is 6.08 Å². The molecule has 0 aromatic rings. The second-order valence-corrected chi connectivity index (χ2v) is 17.7. The van der Waals surface area contributed by atoms with Crippen LogP contribution in [0.3, 0.4) is 0 Å². The van der Waals surface area contributed by atoms with Crippen LogP contribution in [0.1, 0.15) is 213 Å². The summed E-state index contributed by atoms with van der Waals surface area (Å²) in [4.78, 5) is 38.1. The maximum absolute atomic E-state index is 12.8. The van der Waals surface area contributed by atoms with Crippen molar-refractivity contribution in [1.29, 1.82) is 0 Å². The zero-order valence-corrected chi connectivity index (χ0v) is 45.2. The number of hydrogen-bond acceptors (Lipinski definition) is 6. The Kier molecular flexibility index (Phi) is 53.6. The summed E-state index contributed by atoms with van der Waals surface area (Å²) >= 11 is 0. The minimum absolute atomic E-state index is 0.109. The zero-order valence-electron chi connectivity index (χ0n) is 45.2. The Morgan fingerprint density at radius 2 is 0.606 bits per heavy atom. The van der Waals surface area contributed by atoms with Crippen molar-refractivity contribution in [3.63, 3.8) is 0 Å². The zero-order chi connectivity index (χ0) is 51.4. The maximum atomic E-state index is 12.8. The molecule has 1 atom stereocenters. The van der Waals surface area contributed by atoms with Crippen molar-refractivity contribution in [2.75, 3.05) is 13.2 Å². The molecule has 0 aliphatic rings. The average Bonchev–Trinajstić information content (AvgIpc) is 3.37. The highest BCUT2D eigenvalue weighted by Crippen LogP contribution is 2.12. The van der Waals surface area contributed by atoms with E-state index in [4.69, 9.17) is 14.2 Å². The van der Waals surface area contributed by atoms with Gasteiger partial charge in [-0.3, -0.25) is 14.4 Å². The highest BCUT2D eigenvalue weighted by Gasteiger charge is 2.19. The smallest absolute Gasteiger partial charge is 0.309 e. The Morgan fingerprint density at radius 1 is 0.310 bits per heavy atom. The lowest BCUT2D eigenvalue weighted by atomic mass is 10.1. The molecule has 0 bridgehead atoms. The molecule has 71 heavy (non-hydrogen) atoms. The van der Waals surface area contributed by atoms with Crippen LogP contribution in [0, 0.1) is 0 Å². The highest BCUT2D eigenvalue weighted by molar-refractivity contribution is 5.72. The summed E-state index contributed by atoms with van der Waals surface area (Å²) in [5, 5.41) is 0. The quantitative estimate of drug-likeness (QED) is 0.0262. The second-order valence-electron chi connectivity index (χ2n) is 17.7. The highest BCUT2D eigenvalue weighted by atomic mass is 16.6. The fourth-order valence-corrected chi connectivity index (χ4v) is 6.90. The first-order valence-corrected chi connectivity index (χ1v) is 28.0. The monoisotopic (exact) mass is 977 g/mol. The number of rotatable bonds is 48. The number of hydrogen-bond donors (Lipinski definition) is 0. The molecule has 0 aromatic heterocycles. The van der Waals surface area contributed by atoms with Crippen LogP contribution < -0.4 is 0 Å². The first kappa shape index (κ1) is 66.0. The van der Waals surface area contributed by atoms with Crippen molar-refractivity contribution in [2.45, 2.75) is 219 Å². The molecule has 0 fully saturated rings. The van der Waals surface area contributed by atoms with E-state index in [1.54, 1.807) is 6.08 Å². The van der Waals surface area contributed by atoms with E-state index in [0.29, 0.717) is 6.42 Å². The van der Waals surface area contributed by atoms with Crippen molar-refractivity contribution in [3.8, 4) is 0 Å². The standard InChI is InChI=1S/C65H100O6/c1-4-7-10-13-16-19-22-25-28-30-31-32-33-35-37-40-43-46-49-52-55-58-64(67)70-61-62(60-69-63(66)57-54-51-48-45-42-39-36-27-24-21-18-15-12-9-6-3)71-65(68)59-56-53-50-47-44-41-38-34-29-26-23-20-17-14-11-8-5-2/h7,9-10,12,16-21,25-29,31-32,35-37,42-43,45-46,51,54,62H,4-6,8,11,13-15,22-24,30,33-34,38-41,44,47-50,52-53,55-61H2,1-3H3/b10-7-,12-9-,19-16-,20-17-,21-18-,28-25-,29-26-,32-31-,36-27-,37-35-,45-42-,46-43-,54-51-. The Balaban J connectivity index is 4.61. The maximum Gasteiger partial charge on any atom is 0.309 e. The van der Waals surface area contributed by atoms with E-state index in [1.165, 1.54) is 44.9 Å². The second kappa shape index (κ2) is 57.6. The van der Waals surface area contributed by atoms with Gasteiger partial charge in [-0.05, 0) is 128 Å². The summed E-state index contributed by atoms with van der Waals surface area (Å²) in [6, 6.07) is 0. The first-order chi connectivity index (χ1) is 35.0. The molecule has 396 valence electrons. The van der Waals surface area contributed by atoms with Gasteiger partial charge in [0.1, 0.15) is 13.2 Å². The molecule has 0 rings (SSSR count). The molecule has 6 nitrogen and oxygen atoms in total. The largest absolute Gasteiger partial charge is 0.462 e. The number of ether oxygens (including phenoxy) is 3. The summed E-state index contributed by atoms with van der Waals surface area (Å²) in [7, 11) is 0. The molecule has 0 aliphatic carbocycles. The van der Waals surface area contributed by atoms with Gasteiger partial charge in [-0.25, -0.2) is 0 Å². The summed E-state index contributed by atoms with van der Waals surface area (Å²) in [6.07, 6.45) is 84.0. The van der Waals surface area contributed by atoms with E-state index in [-0.39, 0.29) is 44.4 Å². The third-order valence-electron chi connectivity index (χ3n) is 11.0. The molecule has 0 saturated carbocycles. The third-order valence-corrected chi connectivity index (χ3v) is 11.0. The van der Waals surface area contributed by atoms with Crippen molar-refractivity contribution >= 4 is 17.9 Å². The number of carbonyl (C=O) groups excluding carboxylic acids is 3. The van der Waals surface area contributed by atoms with Gasteiger partial charge in [0.2, 0.25) is 0 Å². The number of esters is 3. The van der Waals surface area contributed by atoms with E-state index in [0.717, 1.165) is 122 Å². The number of carbonyl (C=O) groups is 3. The van der Waals surface area contributed by atoms with E-state index in [2.05, 4.69) is 167 Å². The lowest BCUT2D eigenvalue weighted by Crippen LogP contribution is -2.30. The SMILES string of the molecule is CC/C=C\C/C=C\C/C=C\C/C=C\C/C=C\C/C=C\CCCCC(=O)OCC(COC(=O)C/C=C\C/C=C\C/C=C\C/C=C\C/C=C\CC)OC(=O)CCCCCCCCC/C=C\C/C=C\CCCCC. The van der Waals surface area contributed by atoms with Crippen LogP contribution in [0.15, 0.2) is 158 Å². The Bertz CT molecular complexity index is 1640. The lowest BCUT2D eigenvalue weighted by molar-refractivity contribution is -0.166. The molecule has 0 radical (unpaired) electrons. The van der Waals surface area contributed by atoms with Crippen molar-refractivity contribution in [1.82, 2.24) is 0 Å². The van der Waals surface area contributed by atoms with Crippen LogP contribution in [0.25, 0.3) is 0 Å². The molecular weight excluding hydrogens is 877 g/mol. The molecular formula is C65H100O6. The summed E-state index contributed by atoms with van der Waals surface area (Å²) in [5.41, 5.74) is 0. The van der Waals surface area contributed by atoms with Crippen LogP contribution in [0.2, 0.25) is 0 Å². The molecule has 0 aliphatic heterocycles. The predicted octanol–water partition coefficient (Wildman–Crippen LogP) is 19.0. The molecule has 6 heteroatoms. The average molecular weight is 978 g/mol. The number of unbranched alkanes of at least 4 members (excludes halogenated alkanes) is 12. The van der Waals surface area contributed by atoms with Gasteiger partial charge in [-0.15, -0.1) is 0 Å². The van der Waals surface area contributed by atoms with Crippen molar-refractivity contribution < 1.29 is 28.6 Å². The van der Waals surface area contributed by atoms with Crippen LogP contribution in [0.4, 0.5) is 0 Å². The Morgan fingerprint density at radius 3 is 1.01 bits per heavy atom. The molecule has 0 N–H and O–H groups in total. The normalized spacial score (nSPS) is 13.3. The predicted molar refractivity (Wildman–Crippen MR) is 306 cm³/mol. The van der Waals surface area contributed by atoms with Crippen LogP contribution in [0.5, 0.6) is 0 Å². The van der Waals surface area contributed by atoms with Crippen LogP contribution in [-0.2, 0) is 28.6 Å². The molecule has 1 unspecified atom stereocenters. The van der Waals surface area contributed by atoms with E-state index >= 15 is 0 Å². The molecule has 0 aromatic carbocycles. The van der Waals surface area contributed by atoms with Crippen molar-refractivity contribution in [2.24, 2.45) is 0 Å². The van der Waals surface area contributed by atoms with E-state index in [9.17, 15) is 14.4 Å². The minimum Gasteiger partial charge on any atom is -0.462 e. The summed E-state index contributed by atoms with van der Waals surface area (Å²) < 4.78 is 16.7.